The van der Waals surface area contributed by atoms with Crippen LogP contribution in [0.15, 0.2) is 140 Å². The summed E-state index contributed by atoms with van der Waals surface area (Å²) in [6.45, 7) is 4.86. The third-order valence-corrected chi connectivity index (χ3v) is 13.8. The number of fused-ring (bicyclic) bond motifs is 5. The van der Waals surface area contributed by atoms with E-state index in [4.69, 9.17) is 0 Å². The van der Waals surface area contributed by atoms with Crippen molar-refractivity contribution in [3.63, 3.8) is 0 Å². The molecule has 3 saturated carbocycles. The number of hydrogen-bond donors (Lipinski definition) is 0. The van der Waals surface area contributed by atoms with E-state index in [9.17, 15) is 0 Å². The average molecular weight is 690 g/mol. The molecule has 3 fully saturated rings. The van der Waals surface area contributed by atoms with Crippen molar-refractivity contribution in [1.29, 1.82) is 0 Å². The van der Waals surface area contributed by atoms with Crippen LogP contribution in [0.4, 0.5) is 17.1 Å². The van der Waals surface area contributed by atoms with Crippen molar-refractivity contribution in [2.75, 3.05) is 4.90 Å². The summed E-state index contributed by atoms with van der Waals surface area (Å²) in [5.74, 6) is 3.25. The van der Waals surface area contributed by atoms with Crippen LogP contribution in [0, 0.1) is 11.8 Å². The molecule has 6 aromatic rings. The first-order chi connectivity index (χ1) is 26.0. The van der Waals surface area contributed by atoms with Gasteiger partial charge in [0.2, 0.25) is 0 Å². The Kier molecular flexibility index (Phi) is 8.16. The largest absolute Gasteiger partial charge is 0.310 e. The van der Waals surface area contributed by atoms with Crippen molar-refractivity contribution >= 4 is 17.1 Å². The maximum atomic E-state index is 2.54. The maximum absolute atomic E-state index is 2.54. The first kappa shape index (κ1) is 32.7. The lowest BCUT2D eigenvalue weighted by Crippen LogP contribution is -2.17. The molecule has 6 aromatic carbocycles. The minimum absolute atomic E-state index is 0.169. The van der Waals surface area contributed by atoms with Crippen LogP contribution in [-0.2, 0) is 5.41 Å². The summed E-state index contributed by atoms with van der Waals surface area (Å²) in [5.41, 5.74) is 17.2. The summed E-state index contributed by atoms with van der Waals surface area (Å²) < 4.78 is 0. The Balaban J connectivity index is 1.12. The van der Waals surface area contributed by atoms with Crippen LogP contribution in [-0.4, -0.2) is 0 Å². The quantitative estimate of drug-likeness (QED) is 0.161. The topological polar surface area (TPSA) is 3.24 Å². The molecule has 1 nitrogen and oxygen atoms in total. The molecule has 10 rings (SSSR count). The van der Waals surface area contributed by atoms with Gasteiger partial charge in [0.05, 0.1) is 0 Å². The van der Waals surface area contributed by atoms with Gasteiger partial charge in [0, 0.05) is 22.5 Å². The van der Waals surface area contributed by atoms with Crippen molar-refractivity contribution in [2.45, 2.75) is 88.9 Å². The molecule has 0 radical (unpaired) electrons. The number of benzene rings is 6. The van der Waals surface area contributed by atoms with E-state index in [1.54, 1.807) is 5.56 Å². The minimum Gasteiger partial charge on any atom is -0.310 e. The predicted octanol–water partition coefficient (Wildman–Crippen LogP) is 14.7. The Morgan fingerprint density at radius 3 is 1.79 bits per heavy atom. The molecule has 2 bridgehead atoms. The smallest absolute Gasteiger partial charge is 0.0471 e. The Labute approximate surface area is 316 Å². The Morgan fingerprint density at radius 2 is 1.15 bits per heavy atom. The molecular formula is C52H51N. The van der Waals surface area contributed by atoms with Crippen LogP contribution in [0.5, 0.6) is 0 Å². The van der Waals surface area contributed by atoms with Gasteiger partial charge in [-0.05, 0) is 154 Å². The lowest BCUT2D eigenvalue weighted by Gasteiger charge is -2.30. The van der Waals surface area contributed by atoms with Gasteiger partial charge in [-0.1, -0.05) is 137 Å². The van der Waals surface area contributed by atoms with Crippen LogP contribution in [0.3, 0.4) is 0 Å². The first-order valence-corrected chi connectivity index (χ1v) is 20.5. The van der Waals surface area contributed by atoms with Gasteiger partial charge in [0.25, 0.3) is 0 Å². The van der Waals surface area contributed by atoms with Gasteiger partial charge in [-0.2, -0.15) is 0 Å². The van der Waals surface area contributed by atoms with E-state index in [0.717, 1.165) is 17.8 Å². The van der Waals surface area contributed by atoms with Crippen molar-refractivity contribution < 1.29 is 0 Å². The van der Waals surface area contributed by atoms with E-state index in [0.29, 0.717) is 5.92 Å². The highest BCUT2D eigenvalue weighted by Gasteiger charge is 2.41. The normalized spacial score (nSPS) is 21.4. The zero-order chi connectivity index (χ0) is 35.5. The highest BCUT2D eigenvalue weighted by molar-refractivity contribution is 5.96. The molecule has 264 valence electrons. The van der Waals surface area contributed by atoms with Gasteiger partial charge in [-0.3, -0.25) is 0 Å². The summed E-state index contributed by atoms with van der Waals surface area (Å²) in [7, 11) is 0. The maximum Gasteiger partial charge on any atom is 0.0471 e. The molecule has 4 aliphatic rings. The lowest BCUT2D eigenvalue weighted by atomic mass is 9.80. The van der Waals surface area contributed by atoms with Gasteiger partial charge in [-0.15, -0.1) is 0 Å². The fourth-order valence-corrected chi connectivity index (χ4v) is 10.9. The minimum atomic E-state index is -0.169. The van der Waals surface area contributed by atoms with Gasteiger partial charge >= 0.3 is 0 Å². The standard InChI is InChI=1S/C52H51N/c1-52(2)49-32-41(37-14-8-4-9-15-37)24-29-46(49)51-48(39-16-10-5-11-17-39)33-45(34-50(51)52)53(43-25-20-38(21-26-43)36-12-6-3-7-13-36)44-27-22-40(23-28-44)47-31-35-18-19-42(47)30-35/h4-5,8-11,14-17,20-29,32-36,42,47H,3,6-7,12-13,18-19,30-31H2,1-2H3. The van der Waals surface area contributed by atoms with E-state index >= 15 is 0 Å². The first-order valence-electron chi connectivity index (χ1n) is 20.5. The molecule has 0 heterocycles. The fourth-order valence-electron chi connectivity index (χ4n) is 10.9. The lowest BCUT2D eigenvalue weighted by molar-refractivity contribution is 0.420. The zero-order valence-corrected chi connectivity index (χ0v) is 31.4. The highest BCUT2D eigenvalue weighted by Crippen LogP contribution is 2.56. The molecule has 0 saturated heterocycles. The van der Waals surface area contributed by atoms with Crippen molar-refractivity contribution in [3.05, 3.63) is 162 Å². The number of hydrogen-bond acceptors (Lipinski definition) is 1. The summed E-state index contributed by atoms with van der Waals surface area (Å²) in [6.07, 6.45) is 12.4. The van der Waals surface area contributed by atoms with Gasteiger partial charge in [0.1, 0.15) is 0 Å². The second-order valence-corrected chi connectivity index (χ2v) is 17.2. The SMILES string of the molecule is CC1(C)c2cc(-c3ccccc3)ccc2-c2c(-c3ccccc3)cc(N(c3ccc(C4CCCCC4)cc3)c3ccc(C4CC5CCC4C5)cc3)cc21. The molecule has 3 unspecified atom stereocenters. The average Bonchev–Trinajstić information content (AvgIpc) is 3.92. The van der Waals surface area contributed by atoms with Crippen LogP contribution in [0.25, 0.3) is 33.4 Å². The molecule has 3 atom stereocenters. The van der Waals surface area contributed by atoms with Gasteiger partial charge < -0.3 is 4.90 Å². The van der Waals surface area contributed by atoms with E-state index in [2.05, 4.69) is 158 Å². The van der Waals surface area contributed by atoms with Crippen molar-refractivity contribution in [2.24, 2.45) is 11.8 Å². The number of rotatable bonds is 7. The molecule has 0 spiro atoms. The van der Waals surface area contributed by atoms with Crippen molar-refractivity contribution in [3.8, 4) is 33.4 Å². The molecule has 4 aliphatic carbocycles. The van der Waals surface area contributed by atoms with Crippen molar-refractivity contribution in [1.82, 2.24) is 0 Å². The van der Waals surface area contributed by atoms with Gasteiger partial charge in [0.15, 0.2) is 0 Å². The summed E-state index contributed by atoms with van der Waals surface area (Å²) >= 11 is 0. The Bertz CT molecular complexity index is 2240. The van der Waals surface area contributed by atoms with Crippen LogP contribution < -0.4 is 4.90 Å². The summed E-state index contributed by atoms with van der Waals surface area (Å²) in [4.78, 5) is 2.54. The molecule has 0 aliphatic heterocycles. The highest BCUT2D eigenvalue weighted by atomic mass is 15.1. The van der Waals surface area contributed by atoms with Crippen LogP contribution >= 0.6 is 0 Å². The molecule has 0 N–H and O–H groups in total. The second kappa shape index (κ2) is 13.2. The molecule has 1 heteroatoms. The summed E-state index contributed by atoms with van der Waals surface area (Å²) in [5, 5.41) is 0. The third kappa shape index (κ3) is 5.75. The van der Waals surface area contributed by atoms with E-state index in [-0.39, 0.29) is 5.41 Å². The predicted molar refractivity (Wildman–Crippen MR) is 224 cm³/mol. The molecular weight excluding hydrogens is 639 g/mol. The zero-order valence-electron chi connectivity index (χ0n) is 31.4. The van der Waals surface area contributed by atoms with E-state index in [1.165, 1.54) is 125 Å². The second-order valence-electron chi connectivity index (χ2n) is 17.2. The summed E-state index contributed by atoms with van der Waals surface area (Å²) in [6, 6.07) is 53.5. The molecule has 0 aromatic heterocycles. The third-order valence-electron chi connectivity index (χ3n) is 13.8. The Hall–Kier alpha value is -4.88. The number of nitrogens with zero attached hydrogens (tertiary/aromatic N) is 1. The van der Waals surface area contributed by atoms with Crippen LogP contribution in [0.2, 0.25) is 0 Å². The van der Waals surface area contributed by atoms with E-state index in [1.807, 2.05) is 0 Å². The van der Waals surface area contributed by atoms with Crippen LogP contribution in [0.1, 0.15) is 106 Å². The number of anilines is 3. The van der Waals surface area contributed by atoms with E-state index < -0.39 is 0 Å². The fraction of sp³-hybridized carbons (Fsp3) is 0.308. The van der Waals surface area contributed by atoms with Gasteiger partial charge in [-0.25, -0.2) is 0 Å². The monoisotopic (exact) mass is 689 g/mol. The molecule has 0 amide bonds. The Morgan fingerprint density at radius 1 is 0.491 bits per heavy atom. The molecule has 53 heavy (non-hydrogen) atoms.